The van der Waals surface area contributed by atoms with E-state index in [4.69, 9.17) is 16.3 Å². The molecule has 0 atom stereocenters. The van der Waals surface area contributed by atoms with E-state index < -0.39 is 34.1 Å². The molecule has 1 N–H and O–H groups in total. The first-order valence-corrected chi connectivity index (χ1v) is 13.2. The molecule has 2 fully saturated rings. The summed E-state index contributed by atoms with van der Waals surface area (Å²) in [6.07, 6.45) is -7.38. The number of alkyl halides is 6. The summed E-state index contributed by atoms with van der Waals surface area (Å²) in [5, 5.41) is 13.6. The molecule has 2 aromatic carbocycles. The highest BCUT2D eigenvalue weighted by atomic mass is 35.5. The molecule has 0 radical (unpaired) electrons. The van der Waals surface area contributed by atoms with Crippen molar-refractivity contribution in [3.05, 3.63) is 62.7 Å². The smallest absolute Gasteiger partial charge is 0.382 e. The largest absolute Gasteiger partial charge is 0.423 e. The number of benzene rings is 2. The van der Waals surface area contributed by atoms with Crippen molar-refractivity contribution in [1.82, 2.24) is 4.90 Å². The van der Waals surface area contributed by atoms with Gasteiger partial charge in [0.2, 0.25) is 5.91 Å². The van der Waals surface area contributed by atoms with Crippen LogP contribution in [0, 0.1) is 10.1 Å². The zero-order valence-electron chi connectivity index (χ0n) is 21.6. The first-order chi connectivity index (χ1) is 19.2. The van der Waals surface area contributed by atoms with Gasteiger partial charge in [-0.05, 0) is 56.0 Å². The van der Waals surface area contributed by atoms with Crippen molar-refractivity contribution in [3.8, 4) is 0 Å². The molecule has 0 bridgehead atoms. The number of nitrogens with one attached hydrogen (secondary N) is 1. The fourth-order valence-corrected chi connectivity index (χ4v) is 5.27. The summed E-state index contributed by atoms with van der Waals surface area (Å²) in [7, 11) is 0. The molecule has 8 nitrogen and oxygen atoms in total. The molecule has 2 aliphatic rings. The molecule has 1 heterocycles. The highest BCUT2D eigenvalue weighted by Gasteiger charge is 2.39. The molecule has 1 amide bonds. The third-order valence-corrected chi connectivity index (χ3v) is 7.57. The molecular formula is C26H27ClF6N4O4. The predicted octanol–water partition coefficient (Wildman–Crippen LogP) is 6.37. The Bertz CT molecular complexity index is 1260. The molecule has 2 aromatic rings. The molecule has 1 saturated carbocycles. The van der Waals surface area contributed by atoms with Crippen molar-refractivity contribution in [3.63, 3.8) is 0 Å². The third kappa shape index (κ3) is 7.73. The molecule has 41 heavy (non-hydrogen) atoms. The second-order valence-corrected chi connectivity index (χ2v) is 10.4. The molecule has 15 heteroatoms. The van der Waals surface area contributed by atoms with Crippen LogP contribution in [0.25, 0.3) is 0 Å². The number of rotatable bonds is 7. The quantitative estimate of drug-likeness (QED) is 0.223. The topological polar surface area (TPSA) is 87.9 Å². The van der Waals surface area contributed by atoms with E-state index in [1.807, 2.05) is 0 Å². The Hall–Kier alpha value is -3.26. The molecule has 0 spiro atoms. The van der Waals surface area contributed by atoms with Crippen LogP contribution in [-0.4, -0.2) is 60.7 Å². The lowest BCUT2D eigenvalue weighted by atomic mass is 9.92. The second-order valence-electron chi connectivity index (χ2n) is 9.95. The number of carbonyl (C=O) groups excluding carboxylic acids is 1. The van der Waals surface area contributed by atoms with E-state index >= 15 is 0 Å². The highest BCUT2D eigenvalue weighted by molar-refractivity contribution is 6.31. The van der Waals surface area contributed by atoms with Crippen molar-refractivity contribution in [2.45, 2.75) is 50.2 Å². The van der Waals surface area contributed by atoms with Gasteiger partial charge in [-0.2, -0.15) is 26.3 Å². The Balaban J connectivity index is 1.21. The van der Waals surface area contributed by atoms with E-state index in [0.717, 1.165) is 18.2 Å². The van der Waals surface area contributed by atoms with Gasteiger partial charge in [0.1, 0.15) is 12.2 Å². The first kappa shape index (κ1) is 30.7. The lowest BCUT2D eigenvalue weighted by Gasteiger charge is -2.37. The summed E-state index contributed by atoms with van der Waals surface area (Å²) in [5.74, 6) is -0.234. The number of nitro groups is 1. The van der Waals surface area contributed by atoms with Crippen molar-refractivity contribution < 1.29 is 40.8 Å². The van der Waals surface area contributed by atoms with Gasteiger partial charge >= 0.3 is 12.4 Å². The average Bonchev–Trinajstić information content (AvgIpc) is 2.91. The third-order valence-electron chi connectivity index (χ3n) is 7.24. The van der Waals surface area contributed by atoms with Crippen LogP contribution in [0.3, 0.4) is 0 Å². The van der Waals surface area contributed by atoms with E-state index in [2.05, 4.69) is 5.32 Å². The molecule has 1 aliphatic carbocycles. The summed E-state index contributed by atoms with van der Waals surface area (Å²) in [4.78, 5) is 25.9. The highest BCUT2D eigenvalue weighted by Crippen LogP contribution is 2.39. The lowest BCUT2D eigenvalue weighted by Crippen LogP contribution is -2.50. The number of ether oxygens (including phenoxy) is 1. The van der Waals surface area contributed by atoms with E-state index in [9.17, 15) is 41.3 Å². The number of carbonyl (C=O) groups is 1. The molecule has 224 valence electrons. The van der Waals surface area contributed by atoms with Crippen molar-refractivity contribution >= 4 is 34.6 Å². The number of halogens is 7. The number of amides is 1. The first-order valence-electron chi connectivity index (χ1n) is 12.9. The monoisotopic (exact) mass is 608 g/mol. The maximum atomic E-state index is 13.2. The number of piperazine rings is 1. The van der Waals surface area contributed by atoms with Crippen LogP contribution in [-0.2, 0) is 21.9 Å². The number of hydrogen-bond acceptors (Lipinski definition) is 6. The van der Waals surface area contributed by atoms with Crippen LogP contribution in [0.2, 0.25) is 5.02 Å². The molecule has 0 aromatic heterocycles. The SMILES string of the molecule is O=C(COC1CCC(Nc2ccc([N+](=O)[O-])c(C(F)(F)F)c2)CC1)N1CCN(c2ccc(Cl)c(C(F)(F)F)c2)CC1. The Morgan fingerprint density at radius 3 is 2.17 bits per heavy atom. The Labute approximate surface area is 236 Å². The minimum absolute atomic E-state index is 0.134. The van der Waals surface area contributed by atoms with Crippen molar-refractivity contribution in [1.29, 1.82) is 0 Å². The van der Waals surface area contributed by atoms with Gasteiger partial charge in [0.05, 0.1) is 21.6 Å². The van der Waals surface area contributed by atoms with Crippen LogP contribution in [0.5, 0.6) is 0 Å². The lowest BCUT2D eigenvalue weighted by molar-refractivity contribution is -0.388. The van der Waals surface area contributed by atoms with E-state index in [-0.39, 0.29) is 35.4 Å². The Morgan fingerprint density at radius 2 is 1.59 bits per heavy atom. The summed E-state index contributed by atoms with van der Waals surface area (Å²) in [6.45, 7) is 1.18. The summed E-state index contributed by atoms with van der Waals surface area (Å²) in [6, 6.07) is 6.39. The summed E-state index contributed by atoms with van der Waals surface area (Å²) in [5.41, 5.74) is -2.73. The molecular weight excluding hydrogens is 582 g/mol. The van der Waals surface area contributed by atoms with Gasteiger partial charge in [0.15, 0.2) is 0 Å². The molecule has 0 unspecified atom stereocenters. The van der Waals surface area contributed by atoms with E-state index in [0.29, 0.717) is 57.5 Å². The standard InChI is InChI=1S/C26H27ClF6N4O4/c27-22-7-4-18(14-20(22)25(28,29)30)35-9-11-36(12-10-35)24(38)15-41-19-5-1-16(2-6-19)34-17-3-8-23(37(39)40)21(13-17)26(31,32)33/h3-4,7-8,13-14,16,19,34H,1-2,5-6,9-12,15H2. The van der Waals surface area contributed by atoms with Crippen LogP contribution in [0.4, 0.5) is 43.4 Å². The minimum atomic E-state index is -4.86. The van der Waals surface area contributed by atoms with E-state index in [1.54, 1.807) is 9.80 Å². The fourth-order valence-electron chi connectivity index (χ4n) is 5.04. The van der Waals surface area contributed by atoms with Gasteiger partial charge in [0, 0.05) is 49.7 Å². The molecule has 1 saturated heterocycles. The van der Waals surface area contributed by atoms with Gasteiger partial charge in [-0.1, -0.05) is 11.6 Å². The Kier molecular flexibility index (Phi) is 9.22. The minimum Gasteiger partial charge on any atom is -0.382 e. The normalized spacial score (nSPS) is 20.2. The zero-order chi connectivity index (χ0) is 29.9. The summed E-state index contributed by atoms with van der Waals surface area (Å²) >= 11 is 5.70. The van der Waals surface area contributed by atoms with E-state index in [1.165, 1.54) is 18.2 Å². The van der Waals surface area contributed by atoms with Gasteiger partial charge in [0.25, 0.3) is 5.69 Å². The number of nitro benzene ring substituents is 1. The maximum absolute atomic E-state index is 13.2. The molecule has 4 rings (SSSR count). The van der Waals surface area contributed by atoms with Gasteiger partial charge < -0.3 is 19.9 Å². The number of anilines is 2. The van der Waals surface area contributed by atoms with Crippen molar-refractivity contribution in [2.75, 3.05) is 43.0 Å². The maximum Gasteiger partial charge on any atom is 0.423 e. The predicted molar refractivity (Wildman–Crippen MR) is 139 cm³/mol. The zero-order valence-corrected chi connectivity index (χ0v) is 22.4. The van der Waals surface area contributed by atoms with Gasteiger partial charge in [-0.3, -0.25) is 14.9 Å². The van der Waals surface area contributed by atoms with Crippen LogP contribution < -0.4 is 10.2 Å². The molecule has 1 aliphatic heterocycles. The van der Waals surface area contributed by atoms with Crippen LogP contribution in [0.1, 0.15) is 36.8 Å². The van der Waals surface area contributed by atoms with Crippen LogP contribution >= 0.6 is 11.6 Å². The average molecular weight is 609 g/mol. The van der Waals surface area contributed by atoms with Gasteiger partial charge in [-0.25, -0.2) is 0 Å². The number of hydrogen-bond donors (Lipinski definition) is 1. The Morgan fingerprint density at radius 1 is 0.951 bits per heavy atom. The fraction of sp³-hybridized carbons (Fsp3) is 0.500. The van der Waals surface area contributed by atoms with Gasteiger partial charge in [-0.15, -0.1) is 0 Å². The summed E-state index contributed by atoms with van der Waals surface area (Å²) < 4.78 is 85.1. The number of nitrogens with zero attached hydrogens (tertiary/aromatic N) is 3. The second kappa shape index (κ2) is 12.3. The van der Waals surface area contributed by atoms with Crippen molar-refractivity contribution in [2.24, 2.45) is 0 Å². The van der Waals surface area contributed by atoms with Crippen LogP contribution in [0.15, 0.2) is 36.4 Å².